The van der Waals surface area contributed by atoms with Gasteiger partial charge in [-0.2, -0.15) is 0 Å². The van der Waals surface area contributed by atoms with Crippen molar-refractivity contribution >= 4 is 10.9 Å². The number of aromatic nitrogens is 1. The van der Waals surface area contributed by atoms with E-state index in [2.05, 4.69) is 44.2 Å². The van der Waals surface area contributed by atoms with Gasteiger partial charge in [0.1, 0.15) is 0 Å². The van der Waals surface area contributed by atoms with Crippen LogP contribution in [0.4, 0.5) is 0 Å². The zero-order valence-corrected chi connectivity index (χ0v) is 10.2. The number of aryl methyl sites for hydroxylation is 2. The van der Waals surface area contributed by atoms with Crippen LogP contribution in [0.1, 0.15) is 37.9 Å². The fourth-order valence-corrected chi connectivity index (χ4v) is 2.14. The van der Waals surface area contributed by atoms with Crippen LogP contribution in [0.3, 0.4) is 0 Å². The molecule has 1 nitrogen and oxygen atoms in total. The zero-order valence-electron chi connectivity index (χ0n) is 10.2. The molecule has 1 aromatic heterocycles. The lowest BCUT2D eigenvalue weighted by atomic mass is 10.0. The predicted octanol–water partition coefficient (Wildman–Crippen LogP) is 4.14. The van der Waals surface area contributed by atoms with Crippen LogP contribution in [0, 0.1) is 0 Å². The van der Waals surface area contributed by atoms with Crippen molar-refractivity contribution in [2.75, 3.05) is 0 Å². The van der Waals surface area contributed by atoms with Crippen LogP contribution in [0.2, 0.25) is 0 Å². The van der Waals surface area contributed by atoms with Crippen molar-refractivity contribution in [1.29, 1.82) is 0 Å². The summed E-state index contributed by atoms with van der Waals surface area (Å²) in [7, 11) is 0. The van der Waals surface area contributed by atoms with Crippen LogP contribution < -0.4 is 0 Å². The minimum absolute atomic E-state index is 1.10. The molecule has 0 radical (unpaired) electrons. The van der Waals surface area contributed by atoms with E-state index in [0.717, 1.165) is 18.4 Å². The molecule has 0 saturated heterocycles. The number of rotatable bonds is 4. The zero-order chi connectivity index (χ0) is 11.4. The third-order valence-corrected chi connectivity index (χ3v) is 2.90. The molecule has 0 aliphatic rings. The Balaban J connectivity index is 2.51. The van der Waals surface area contributed by atoms with Crippen LogP contribution >= 0.6 is 0 Å². The Labute approximate surface area is 97.5 Å². The lowest BCUT2D eigenvalue weighted by molar-refractivity contribution is 0.836. The molecule has 0 fully saturated rings. The minimum Gasteiger partial charge on any atom is -0.253 e. The standard InChI is InChI=1S/C15H19N/c1-3-7-12-11-13-9-5-6-10-15(13)16-14(12)8-4-2/h5-6,9-11H,3-4,7-8H2,1-2H3. The Bertz CT molecular complexity index is 429. The Morgan fingerprint density at radius 1 is 1.00 bits per heavy atom. The fraction of sp³-hybridized carbons (Fsp3) is 0.400. The number of para-hydroxylation sites is 1. The van der Waals surface area contributed by atoms with Gasteiger partial charge in [-0.05, 0) is 30.5 Å². The van der Waals surface area contributed by atoms with Gasteiger partial charge in [-0.1, -0.05) is 44.9 Å². The van der Waals surface area contributed by atoms with E-state index < -0.39 is 0 Å². The topological polar surface area (TPSA) is 12.9 Å². The first-order chi connectivity index (χ1) is 7.85. The summed E-state index contributed by atoms with van der Waals surface area (Å²) < 4.78 is 0. The maximum absolute atomic E-state index is 4.78. The number of hydrogen-bond donors (Lipinski definition) is 0. The van der Waals surface area contributed by atoms with Gasteiger partial charge in [-0.25, -0.2) is 0 Å². The first kappa shape index (κ1) is 11.1. The van der Waals surface area contributed by atoms with Gasteiger partial charge in [0.2, 0.25) is 0 Å². The number of benzene rings is 1. The molecule has 2 aromatic rings. The normalized spacial score (nSPS) is 10.9. The number of nitrogens with zero attached hydrogens (tertiary/aromatic N) is 1. The van der Waals surface area contributed by atoms with E-state index in [9.17, 15) is 0 Å². The van der Waals surface area contributed by atoms with Gasteiger partial charge in [0.25, 0.3) is 0 Å². The predicted molar refractivity (Wildman–Crippen MR) is 69.7 cm³/mol. The Kier molecular flexibility index (Phi) is 3.55. The quantitative estimate of drug-likeness (QED) is 0.743. The van der Waals surface area contributed by atoms with Gasteiger partial charge in [0.15, 0.2) is 0 Å². The lowest BCUT2D eigenvalue weighted by Crippen LogP contribution is -1.98. The van der Waals surface area contributed by atoms with Crippen molar-refractivity contribution in [3.05, 3.63) is 41.6 Å². The van der Waals surface area contributed by atoms with Gasteiger partial charge >= 0.3 is 0 Å². The summed E-state index contributed by atoms with van der Waals surface area (Å²) in [6.45, 7) is 4.44. The average molecular weight is 213 g/mol. The smallest absolute Gasteiger partial charge is 0.0705 e. The lowest BCUT2D eigenvalue weighted by Gasteiger charge is -2.09. The molecule has 0 amide bonds. The third-order valence-electron chi connectivity index (χ3n) is 2.90. The highest BCUT2D eigenvalue weighted by Gasteiger charge is 2.05. The summed E-state index contributed by atoms with van der Waals surface area (Å²) in [5.74, 6) is 0. The van der Waals surface area contributed by atoms with Crippen LogP contribution in [0.25, 0.3) is 10.9 Å². The number of fused-ring (bicyclic) bond motifs is 1. The molecule has 2 rings (SSSR count). The van der Waals surface area contributed by atoms with E-state index in [-0.39, 0.29) is 0 Å². The molecule has 0 unspecified atom stereocenters. The second kappa shape index (κ2) is 5.11. The maximum Gasteiger partial charge on any atom is 0.0705 e. The fourth-order valence-electron chi connectivity index (χ4n) is 2.14. The van der Waals surface area contributed by atoms with E-state index >= 15 is 0 Å². The van der Waals surface area contributed by atoms with Gasteiger partial charge < -0.3 is 0 Å². The molecule has 0 aliphatic heterocycles. The van der Waals surface area contributed by atoms with Gasteiger partial charge in [0.05, 0.1) is 5.52 Å². The van der Waals surface area contributed by atoms with E-state index in [4.69, 9.17) is 4.98 Å². The van der Waals surface area contributed by atoms with Crippen LogP contribution in [0.15, 0.2) is 30.3 Å². The number of pyridine rings is 1. The molecule has 16 heavy (non-hydrogen) atoms. The Morgan fingerprint density at radius 3 is 2.50 bits per heavy atom. The van der Waals surface area contributed by atoms with Crippen molar-refractivity contribution in [2.45, 2.75) is 39.5 Å². The molecule has 0 saturated carbocycles. The van der Waals surface area contributed by atoms with Crippen molar-refractivity contribution in [3.63, 3.8) is 0 Å². The highest BCUT2D eigenvalue weighted by molar-refractivity contribution is 5.79. The summed E-state index contributed by atoms with van der Waals surface area (Å²) in [6, 6.07) is 10.7. The minimum atomic E-state index is 1.10. The van der Waals surface area contributed by atoms with Crippen molar-refractivity contribution in [3.8, 4) is 0 Å². The van der Waals surface area contributed by atoms with Gasteiger partial charge in [0, 0.05) is 11.1 Å². The monoisotopic (exact) mass is 213 g/mol. The van der Waals surface area contributed by atoms with Crippen molar-refractivity contribution in [2.24, 2.45) is 0 Å². The van der Waals surface area contributed by atoms with Gasteiger partial charge in [-0.3, -0.25) is 4.98 Å². The highest BCUT2D eigenvalue weighted by Crippen LogP contribution is 2.19. The molecule has 0 aliphatic carbocycles. The van der Waals surface area contributed by atoms with E-state index in [0.29, 0.717) is 0 Å². The molecule has 0 bridgehead atoms. The van der Waals surface area contributed by atoms with Crippen molar-refractivity contribution in [1.82, 2.24) is 4.98 Å². The van der Waals surface area contributed by atoms with E-state index in [1.807, 2.05) is 0 Å². The van der Waals surface area contributed by atoms with Gasteiger partial charge in [-0.15, -0.1) is 0 Å². The van der Waals surface area contributed by atoms with E-state index in [1.54, 1.807) is 0 Å². The molecule has 0 atom stereocenters. The first-order valence-corrected chi connectivity index (χ1v) is 6.22. The van der Waals surface area contributed by atoms with Crippen LogP contribution in [-0.4, -0.2) is 4.98 Å². The Hall–Kier alpha value is -1.37. The molecule has 1 heteroatoms. The number of hydrogen-bond acceptors (Lipinski definition) is 1. The summed E-state index contributed by atoms with van der Waals surface area (Å²) in [4.78, 5) is 4.78. The third kappa shape index (κ3) is 2.24. The molecule has 0 N–H and O–H groups in total. The average Bonchev–Trinajstić information content (AvgIpc) is 2.30. The summed E-state index contributed by atoms with van der Waals surface area (Å²) in [5.41, 5.74) is 3.86. The first-order valence-electron chi connectivity index (χ1n) is 6.22. The van der Waals surface area contributed by atoms with Crippen LogP contribution in [0.5, 0.6) is 0 Å². The van der Waals surface area contributed by atoms with Crippen molar-refractivity contribution < 1.29 is 0 Å². The summed E-state index contributed by atoms with van der Waals surface area (Å²) in [5, 5.41) is 1.27. The highest BCUT2D eigenvalue weighted by atomic mass is 14.7. The second-order valence-electron chi connectivity index (χ2n) is 4.29. The van der Waals surface area contributed by atoms with Crippen LogP contribution in [-0.2, 0) is 12.8 Å². The molecule has 0 spiro atoms. The summed E-state index contributed by atoms with van der Waals surface area (Å²) >= 11 is 0. The molecular weight excluding hydrogens is 194 g/mol. The largest absolute Gasteiger partial charge is 0.253 e. The summed E-state index contributed by atoms with van der Waals surface area (Å²) in [6.07, 6.45) is 4.60. The molecule has 84 valence electrons. The Morgan fingerprint density at radius 2 is 1.75 bits per heavy atom. The molecule has 1 aromatic carbocycles. The maximum atomic E-state index is 4.78. The van der Waals surface area contributed by atoms with E-state index in [1.165, 1.54) is 29.5 Å². The molecule has 1 heterocycles. The molecular formula is C15H19N. The SMILES string of the molecule is CCCc1cc2ccccc2nc1CCC. The second-order valence-corrected chi connectivity index (χ2v) is 4.29.